The van der Waals surface area contributed by atoms with Gasteiger partial charge in [-0.05, 0) is 103 Å². The van der Waals surface area contributed by atoms with Gasteiger partial charge in [0.05, 0.1) is 0 Å². The molecule has 0 spiro atoms. The summed E-state index contributed by atoms with van der Waals surface area (Å²) in [5.74, 6) is 6.40. The molecule has 194 valence electrons. The van der Waals surface area contributed by atoms with Crippen LogP contribution < -0.4 is 4.90 Å². The van der Waals surface area contributed by atoms with Crippen LogP contribution in [0.4, 0.5) is 5.82 Å². The van der Waals surface area contributed by atoms with Crippen LogP contribution in [0.1, 0.15) is 82.9 Å². The third-order valence-corrected chi connectivity index (χ3v) is 10.5. The van der Waals surface area contributed by atoms with Crippen LogP contribution in [0.25, 0.3) is 5.57 Å². The van der Waals surface area contributed by atoms with Gasteiger partial charge in [0.25, 0.3) is 0 Å². The molecule has 1 aromatic heterocycles. The number of nitrogens with zero attached hydrogens (tertiary/aromatic N) is 3. The molecule has 0 saturated carbocycles. The summed E-state index contributed by atoms with van der Waals surface area (Å²) < 4.78 is 0. The number of allylic oxidation sites excluding steroid dienone is 3. The minimum absolute atomic E-state index is 0.0611. The molecule has 0 radical (unpaired) electrons. The maximum absolute atomic E-state index is 5.75. The molecular formula is C33H47N3. The Morgan fingerprint density at radius 2 is 1.75 bits per heavy atom. The van der Waals surface area contributed by atoms with Crippen LogP contribution in [0, 0.1) is 48.9 Å². The molecule has 3 nitrogen and oxygen atoms in total. The average molecular weight is 486 g/mol. The standard InChI is InChI=1S/C33H47N3/c1-8-26-12-13-28(22(2)20-26)30-23(3)29-21-34-32(24(4)31(29)33(6,7)25(30)5)36-18-14-27(15-19-36)35-16-10-9-11-17-35/h1,12-13,21-22,25-28,30H,3,9-11,14-20H2,2,4-7H3. The van der Waals surface area contributed by atoms with Crippen molar-refractivity contribution >= 4 is 11.4 Å². The minimum Gasteiger partial charge on any atom is -0.356 e. The molecule has 0 bridgehead atoms. The number of rotatable bonds is 3. The van der Waals surface area contributed by atoms with Gasteiger partial charge in [-0.2, -0.15) is 0 Å². The lowest BCUT2D eigenvalue weighted by Crippen LogP contribution is -2.47. The van der Waals surface area contributed by atoms with E-state index in [4.69, 9.17) is 18.0 Å². The first-order valence-electron chi connectivity index (χ1n) is 14.6. The first-order chi connectivity index (χ1) is 17.2. The van der Waals surface area contributed by atoms with Crippen LogP contribution in [0.3, 0.4) is 0 Å². The third kappa shape index (κ3) is 4.34. The van der Waals surface area contributed by atoms with Crippen molar-refractivity contribution in [2.75, 3.05) is 31.1 Å². The molecule has 2 fully saturated rings. The molecule has 5 atom stereocenters. The Morgan fingerprint density at radius 1 is 1.06 bits per heavy atom. The van der Waals surface area contributed by atoms with E-state index < -0.39 is 0 Å². The number of fused-ring (bicyclic) bond motifs is 1. The Balaban J connectivity index is 1.41. The molecule has 0 amide bonds. The molecule has 5 unspecified atom stereocenters. The molecule has 3 heteroatoms. The molecule has 3 heterocycles. The van der Waals surface area contributed by atoms with E-state index in [9.17, 15) is 0 Å². The lowest BCUT2D eigenvalue weighted by atomic mass is 9.54. The van der Waals surface area contributed by atoms with Gasteiger partial charge in [-0.1, -0.05) is 58.8 Å². The van der Waals surface area contributed by atoms with E-state index in [1.807, 2.05) is 0 Å². The fourth-order valence-corrected chi connectivity index (χ4v) is 8.13. The quantitative estimate of drug-likeness (QED) is 0.344. The summed E-state index contributed by atoms with van der Waals surface area (Å²) >= 11 is 0. The second-order valence-corrected chi connectivity index (χ2v) is 12.8. The summed E-state index contributed by atoms with van der Waals surface area (Å²) in [6.45, 7) is 21.6. The lowest BCUT2D eigenvalue weighted by Gasteiger charge is -2.50. The molecule has 36 heavy (non-hydrogen) atoms. The highest BCUT2D eigenvalue weighted by Gasteiger charge is 2.47. The number of likely N-dealkylation sites (tertiary alicyclic amines) is 1. The van der Waals surface area contributed by atoms with Crippen LogP contribution >= 0.6 is 0 Å². The van der Waals surface area contributed by atoms with Crippen molar-refractivity contribution < 1.29 is 0 Å². The van der Waals surface area contributed by atoms with Crippen LogP contribution in [0.15, 0.2) is 24.9 Å². The molecule has 2 aliphatic heterocycles. The summed E-state index contributed by atoms with van der Waals surface area (Å²) in [5.41, 5.74) is 5.50. The minimum atomic E-state index is 0.0611. The van der Waals surface area contributed by atoms with Crippen molar-refractivity contribution in [2.24, 2.45) is 29.6 Å². The summed E-state index contributed by atoms with van der Waals surface area (Å²) in [6, 6.07) is 0.760. The number of pyridine rings is 1. The van der Waals surface area contributed by atoms with E-state index in [0.717, 1.165) is 25.6 Å². The highest BCUT2D eigenvalue weighted by Crippen LogP contribution is 2.55. The van der Waals surface area contributed by atoms with Crippen molar-refractivity contribution in [1.29, 1.82) is 0 Å². The van der Waals surface area contributed by atoms with Crippen molar-refractivity contribution in [3.63, 3.8) is 0 Å². The van der Waals surface area contributed by atoms with Gasteiger partial charge >= 0.3 is 0 Å². The molecule has 1 aromatic rings. The number of hydrogen-bond acceptors (Lipinski definition) is 3. The maximum Gasteiger partial charge on any atom is 0.131 e. The normalized spacial score (nSPS) is 33.3. The highest BCUT2D eigenvalue weighted by atomic mass is 15.2. The summed E-state index contributed by atoms with van der Waals surface area (Å²) in [5, 5.41) is 0. The first-order valence-corrected chi connectivity index (χ1v) is 14.6. The van der Waals surface area contributed by atoms with E-state index in [1.54, 1.807) is 0 Å². The van der Waals surface area contributed by atoms with Gasteiger partial charge in [0.2, 0.25) is 0 Å². The van der Waals surface area contributed by atoms with Gasteiger partial charge < -0.3 is 9.80 Å². The Hall–Kier alpha value is -2.05. The van der Waals surface area contributed by atoms with Crippen LogP contribution in [0.5, 0.6) is 0 Å². The number of aromatic nitrogens is 1. The molecule has 2 aliphatic carbocycles. The largest absolute Gasteiger partial charge is 0.356 e. The number of terminal acetylenes is 1. The predicted octanol–water partition coefficient (Wildman–Crippen LogP) is 6.86. The lowest BCUT2D eigenvalue weighted by molar-refractivity contribution is 0.141. The van der Waals surface area contributed by atoms with Crippen molar-refractivity contribution in [3.05, 3.63) is 41.6 Å². The number of hydrogen-bond donors (Lipinski definition) is 0. The Labute approximate surface area is 220 Å². The van der Waals surface area contributed by atoms with Crippen LogP contribution in [-0.2, 0) is 5.41 Å². The smallest absolute Gasteiger partial charge is 0.131 e. The topological polar surface area (TPSA) is 19.4 Å². The SMILES string of the molecule is C#CC1C=CC(C2C(=C)c3cnc(N4CCC(N5CCCCC5)CC4)c(C)c3C(C)(C)C2C)C(C)C1. The molecular weight excluding hydrogens is 438 g/mol. The van der Waals surface area contributed by atoms with E-state index in [0.29, 0.717) is 23.7 Å². The fraction of sp³-hybridized carbons (Fsp3) is 0.667. The van der Waals surface area contributed by atoms with Gasteiger partial charge in [0, 0.05) is 31.2 Å². The summed E-state index contributed by atoms with van der Waals surface area (Å²) in [7, 11) is 0. The Bertz CT molecular complexity index is 1050. The van der Waals surface area contributed by atoms with E-state index >= 15 is 0 Å². The average Bonchev–Trinajstić information content (AvgIpc) is 2.89. The van der Waals surface area contributed by atoms with Gasteiger partial charge in [0.15, 0.2) is 0 Å². The summed E-state index contributed by atoms with van der Waals surface area (Å²) in [4.78, 5) is 10.5. The highest BCUT2D eigenvalue weighted by molar-refractivity contribution is 5.75. The molecule has 2 saturated heterocycles. The zero-order valence-corrected chi connectivity index (χ0v) is 23.4. The van der Waals surface area contributed by atoms with Crippen LogP contribution in [-0.4, -0.2) is 42.1 Å². The molecule has 0 N–H and O–H groups in total. The monoisotopic (exact) mass is 485 g/mol. The fourth-order valence-electron chi connectivity index (χ4n) is 8.13. The molecule has 0 aromatic carbocycles. The Morgan fingerprint density at radius 3 is 2.39 bits per heavy atom. The van der Waals surface area contributed by atoms with Crippen molar-refractivity contribution in [2.45, 2.75) is 84.6 Å². The zero-order valence-electron chi connectivity index (χ0n) is 23.4. The van der Waals surface area contributed by atoms with Gasteiger partial charge in [-0.3, -0.25) is 0 Å². The maximum atomic E-state index is 5.75. The van der Waals surface area contributed by atoms with Gasteiger partial charge in [0.1, 0.15) is 5.82 Å². The van der Waals surface area contributed by atoms with E-state index in [1.165, 1.54) is 73.3 Å². The van der Waals surface area contributed by atoms with E-state index in [-0.39, 0.29) is 11.3 Å². The predicted molar refractivity (Wildman–Crippen MR) is 153 cm³/mol. The zero-order chi connectivity index (χ0) is 25.6. The second kappa shape index (κ2) is 10.0. The Kier molecular flexibility index (Phi) is 7.12. The van der Waals surface area contributed by atoms with Crippen LogP contribution in [0.2, 0.25) is 0 Å². The molecule has 4 aliphatic rings. The molecule has 5 rings (SSSR count). The van der Waals surface area contributed by atoms with Gasteiger partial charge in [-0.15, -0.1) is 6.42 Å². The second-order valence-electron chi connectivity index (χ2n) is 12.8. The van der Waals surface area contributed by atoms with E-state index in [2.05, 4.69) is 68.7 Å². The van der Waals surface area contributed by atoms with Gasteiger partial charge in [-0.25, -0.2) is 4.98 Å². The van der Waals surface area contributed by atoms with Crippen molar-refractivity contribution in [3.8, 4) is 12.3 Å². The third-order valence-electron chi connectivity index (χ3n) is 10.5. The number of anilines is 1. The number of piperidine rings is 2. The van der Waals surface area contributed by atoms with Crippen molar-refractivity contribution in [1.82, 2.24) is 9.88 Å². The first kappa shape index (κ1) is 25.6. The summed E-state index contributed by atoms with van der Waals surface area (Å²) in [6.07, 6.45) is 20.4.